The van der Waals surface area contributed by atoms with Crippen LogP contribution >= 0.6 is 0 Å². The molecule has 0 unspecified atom stereocenters. The number of ether oxygens (including phenoxy) is 2. The second kappa shape index (κ2) is 7.12. The third-order valence-electron chi connectivity index (χ3n) is 5.04. The van der Waals surface area contributed by atoms with Crippen LogP contribution in [0.2, 0.25) is 0 Å². The van der Waals surface area contributed by atoms with E-state index < -0.39 is 17.4 Å². The molecule has 3 heterocycles. The normalized spacial score (nSPS) is 16.0. The second-order valence-corrected chi connectivity index (χ2v) is 6.82. The van der Waals surface area contributed by atoms with E-state index in [0.29, 0.717) is 34.8 Å². The number of imidazole rings is 1. The highest BCUT2D eigenvalue weighted by atomic mass is 16.6. The molecule has 0 aliphatic carbocycles. The van der Waals surface area contributed by atoms with Crippen LogP contribution in [0.15, 0.2) is 39.3 Å². The average molecular weight is 399 g/mol. The second-order valence-electron chi connectivity index (χ2n) is 6.82. The van der Waals surface area contributed by atoms with Gasteiger partial charge in [-0.1, -0.05) is 5.16 Å². The first-order valence-corrected chi connectivity index (χ1v) is 9.00. The zero-order valence-electron chi connectivity index (χ0n) is 16.6. The highest BCUT2D eigenvalue weighted by Gasteiger charge is 2.27. The summed E-state index contributed by atoms with van der Waals surface area (Å²) in [7, 11) is 6.46. The number of methoxy groups -OCH3 is 2. The molecule has 152 valence electrons. The van der Waals surface area contributed by atoms with Crippen molar-refractivity contribution in [3.8, 4) is 11.5 Å². The van der Waals surface area contributed by atoms with Gasteiger partial charge in [0.15, 0.2) is 17.3 Å². The molecule has 10 heteroatoms. The zero-order chi connectivity index (χ0) is 20.7. The molecule has 1 atom stereocenters. The molecule has 3 aromatic rings. The van der Waals surface area contributed by atoms with E-state index in [2.05, 4.69) is 10.1 Å². The Morgan fingerprint density at radius 3 is 2.72 bits per heavy atom. The molecular formula is C19H21N5O5. The molecule has 4 rings (SSSR count). The van der Waals surface area contributed by atoms with E-state index in [-0.39, 0.29) is 6.54 Å². The molecule has 29 heavy (non-hydrogen) atoms. The summed E-state index contributed by atoms with van der Waals surface area (Å²) in [5.74, 6) is 1.28. The predicted octanol–water partition coefficient (Wildman–Crippen LogP) is 0.644. The molecule has 0 amide bonds. The largest absolute Gasteiger partial charge is 0.497 e. The number of hydrogen-bond donors (Lipinski definition) is 0. The maximum atomic E-state index is 12.9. The van der Waals surface area contributed by atoms with Gasteiger partial charge in [0.25, 0.3) is 5.56 Å². The molecule has 0 radical (unpaired) electrons. The van der Waals surface area contributed by atoms with Crippen molar-refractivity contribution in [1.82, 2.24) is 18.7 Å². The van der Waals surface area contributed by atoms with Crippen molar-refractivity contribution in [3.63, 3.8) is 0 Å². The van der Waals surface area contributed by atoms with Gasteiger partial charge in [-0.3, -0.25) is 13.9 Å². The Morgan fingerprint density at radius 2 is 2.00 bits per heavy atom. The lowest BCUT2D eigenvalue weighted by atomic mass is 10.0. The summed E-state index contributed by atoms with van der Waals surface area (Å²) in [6, 6.07) is 5.42. The van der Waals surface area contributed by atoms with Crippen LogP contribution in [-0.2, 0) is 25.5 Å². The first-order chi connectivity index (χ1) is 13.9. The highest BCUT2D eigenvalue weighted by Crippen LogP contribution is 2.28. The summed E-state index contributed by atoms with van der Waals surface area (Å²) in [4.78, 5) is 35.2. The van der Waals surface area contributed by atoms with Crippen LogP contribution in [0, 0.1) is 0 Å². The van der Waals surface area contributed by atoms with Gasteiger partial charge in [-0.25, -0.2) is 9.78 Å². The molecule has 1 aromatic carbocycles. The van der Waals surface area contributed by atoms with Crippen molar-refractivity contribution in [3.05, 3.63) is 50.9 Å². The van der Waals surface area contributed by atoms with E-state index in [1.165, 1.54) is 15.5 Å². The predicted molar refractivity (Wildman–Crippen MR) is 106 cm³/mol. The lowest BCUT2D eigenvalue weighted by Gasteiger charge is -2.12. The topological polar surface area (TPSA) is 102 Å². The Hall–Kier alpha value is -3.56. The molecule has 0 spiro atoms. The van der Waals surface area contributed by atoms with Gasteiger partial charge in [0, 0.05) is 32.1 Å². The number of fused-ring (bicyclic) bond motifs is 1. The van der Waals surface area contributed by atoms with E-state index in [9.17, 15) is 9.59 Å². The minimum Gasteiger partial charge on any atom is -0.497 e. The summed E-state index contributed by atoms with van der Waals surface area (Å²) in [6.45, 7) is 0.0814. The third kappa shape index (κ3) is 3.06. The third-order valence-corrected chi connectivity index (χ3v) is 5.04. The van der Waals surface area contributed by atoms with Gasteiger partial charge in [-0.2, -0.15) is 0 Å². The molecule has 1 aliphatic rings. The van der Waals surface area contributed by atoms with Crippen LogP contribution in [0.4, 0.5) is 0 Å². The van der Waals surface area contributed by atoms with Crippen molar-refractivity contribution < 1.29 is 14.3 Å². The van der Waals surface area contributed by atoms with Crippen molar-refractivity contribution in [2.24, 2.45) is 19.3 Å². The van der Waals surface area contributed by atoms with Crippen LogP contribution in [-0.4, -0.2) is 44.7 Å². The quantitative estimate of drug-likeness (QED) is 0.624. The van der Waals surface area contributed by atoms with Gasteiger partial charge in [0.05, 0.1) is 32.8 Å². The average Bonchev–Trinajstić information content (AvgIpc) is 3.35. The van der Waals surface area contributed by atoms with Crippen molar-refractivity contribution in [2.75, 3.05) is 14.2 Å². The molecule has 0 fully saturated rings. The van der Waals surface area contributed by atoms with Gasteiger partial charge >= 0.3 is 5.69 Å². The smallest absolute Gasteiger partial charge is 0.332 e. The van der Waals surface area contributed by atoms with Crippen LogP contribution in [0.25, 0.3) is 11.2 Å². The summed E-state index contributed by atoms with van der Waals surface area (Å²) in [6.07, 6.45) is 1.49. The van der Waals surface area contributed by atoms with Crippen molar-refractivity contribution in [2.45, 2.75) is 19.1 Å². The molecular weight excluding hydrogens is 378 g/mol. The number of benzene rings is 1. The highest BCUT2D eigenvalue weighted by molar-refractivity contribution is 6.03. The number of nitrogens with zero attached hydrogens (tertiary/aromatic N) is 5. The van der Waals surface area contributed by atoms with E-state index in [4.69, 9.17) is 14.3 Å². The molecule has 0 N–H and O–H groups in total. The standard InChI is InChI=1S/C19H21N5O5/c1-22-10-20-17-16(22)18(25)24(19(26)23(17)2)9-12-7-14(21-29-12)13-6-5-11(27-3)8-15(13)28-4/h5-6,8,10,12H,7,9H2,1-4H3/t12-/m1/s1. The monoisotopic (exact) mass is 399 g/mol. The van der Waals surface area contributed by atoms with E-state index >= 15 is 0 Å². The van der Waals surface area contributed by atoms with Crippen LogP contribution in [0.1, 0.15) is 12.0 Å². The van der Waals surface area contributed by atoms with E-state index in [1.807, 2.05) is 12.1 Å². The number of rotatable bonds is 5. The number of hydrogen-bond acceptors (Lipinski definition) is 7. The minimum absolute atomic E-state index is 0.0814. The maximum Gasteiger partial charge on any atom is 0.332 e. The summed E-state index contributed by atoms with van der Waals surface area (Å²) >= 11 is 0. The van der Waals surface area contributed by atoms with Gasteiger partial charge in [-0.05, 0) is 12.1 Å². The van der Waals surface area contributed by atoms with Crippen LogP contribution < -0.4 is 20.7 Å². The van der Waals surface area contributed by atoms with Crippen LogP contribution in [0.3, 0.4) is 0 Å². The SMILES string of the molecule is COc1ccc(C2=NO[C@@H](Cn3c(=O)c4c(ncn4C)n(C)c3=O)C2)c(OC)c1. The Morgan fingerprint density at radius 1 is 1.21 bits per heavy atom. The minimum atomic E-state index is -0.451. The molecule has 0 saturated heterocycles. The fourth-order valence-electron chi connectivity index (χ4n) is 3.48. The van der Waals surface area contributed by atoms with Crippen molar-refractivity contribution in [1.29, 1.82) is 0 Å². The molecule has 0 saturated carbocycles. The molecule has 2 aromatic heterocycles. The fraction of sp³-hybridized carbons (Fsp3) is 0.368. The van der Waals surface area contributed by atoms with Crippen molar-refractivity contribution >= 4 is 16.9 Å². The van der Waals surface area contributed by atoms with Gasteiger partial charge in [-0.15, -0.1) is 0 Å². The fourth-order valence-corrected chi connectivity index (χ4v) is 3.48. The first kappa shape index (κ1) is 18.8. The lowest BCUT2D eigenvalue weighted by molar-refractivity contribution is 0.0706. The number of oxime groups is 1. The Balaban J connectivity index is 1.62. The Bertz CT molecular complexity index is 1240. The maximum absolute atomic E-state index is 12.9. The lowest BCUT2D eigenvalue weighted by Crippen LogP contribution is -2.42. The summed E-state index contributed by atoms with van der Waals surface area (Å²) < 4.78 is 14.8. The molecule has 10 nitrogen and oxygen atoms in total. The number of aryl methyl sites for hydroxylation is 2. The first-order valence-electron chi connectivity index (χ1n) is 9.00. The van der Waals surface area contributed by atoms with E-state index in [0.717, 1.165) is 5.56 Å². The Labute approximate surface area is 165 Å². The summed E-state index contributed by atoms with van der Waals surface area (Å²) in [5, 5.41) is 4.15. The van der Waals surface area contributed by atoms with E-state index in [1.54, 1.807) is 38.9 Å². The van der Waals surface area contributed by atoms with Gasteiger partial charge < -0.3 is 18.9 Å². The summed E-state index contributed by atoms with van der Waals surface area (Å²) in [5.41, 5.74) is 1.33. The number of aromatic nitrogens is 4. The molecule has 0 bridgehead atoms. The van der Waals surface area contributed by atoms with Crippen LogP contribution in [0.5, 0.6) is 11.5 Å². The van der Waals surface area contributed by atoms with Gasteiger partial charge in [0.2, 0.25) is 0 Å². The molecule has 1 aliphatic heterocycles. The van der Waals surface area contributed by atoms with Gasteiger partial charge in [0.1, 0.15) is 11.5 Å². The Kier molecular flexibility index (Phi) is 4.61. The zero-order valence-corrected chi connectivity index (χ0v) is 16.6.